The number of hydrogen-bond acceptors (Lipinski definition) is 4. The van der Waals surface area contributed by atoms with Crippen molar-refractivity contribution < 1.29 is 23.1 Å². The summed E-state index contributed by atoms with van der Waals surface area (Å²) in [4.78, 5) is 31.1. The molecule has 0 fully saturated rings. The van der Waals surface area contributed by atoms with Crippen molar-refractivity contribution in [3.8, 4) is 0 Å². The van der Waals surface area contributed by atoms with E-state index >= 15 is 0 Å². The molecule has 106 valence electrons. The fraction of sp³-hybridized carbons (Fsp3) is 0.273. The van der Waals surface area contributed by atoms with Crippen LogP contribution in [0.25, 0.3) is 11.0 Å². The minimum atomic E-state index is -4.72. The van der Waals surface area contributed by atoms with E-state index in [2.05, 4.69) is 15.0 Å². The van der Waals surface area contributed by atoms with Crippen LogP contribution in [0.3, 0.4) is 0 Å². The van der Waals surface area contributed by atoms with E-state index in [1.807, 2.05) is 0 Å². The van der Waals surface area contributed by atoms with Crippen molar-refractivity contribution in [3.63, 3.8) is 0 Å². The highest BCUT2D eigenvalue weighted by Crippen LogP contribution is 2.27. The molecule has 2 aromatic rings. The first kappa shape index (κ1) is 14.0. The average Bonchev–Trinajstić information content (AvgIpc) is 2.32. The topological polar surface area (TPSA) is 95.9 Å². The van der Waals surface area contributed by atoms with E-state index in [0.29, 0.717) is 0 Å². The Kier molecular flexibility index (Phi) is 3.20. The van der Waals surface area contributed by atoms with Crippen molar-refractivity contribution >= 4 is 17.0 Å². The highest BCUT2D eigenvalue weighted by atomic mass is 19.4. The van der Waals surface area contributed by atoms with Gasteiger partial charge < -0.3 is 10.1 Å². The molecule has 0 amide bonds. The first-order valence-corrected chi connectivity index (χ1v) is 5.37. The lowest BCUT2D eigenvalue weighted by atomic mass is 10.1. The van der Waals surface area contributed by atoms with Crippen LogP contribution in [0.1, 0.15) is 17.0 Å². The molecule has 0 bridgehead atoms. The minimum Gasteiger partial charge on any atom is -0.481 e. The number of carboxylic acids is 1. The Morgan fingerprint density at radius 3 is 2.65 bits per heavy atom. The molecule has 6 nitrogen and oxygen atoms in total. The summed E-state index contributed by atoms with van der Waals surface area (Å²) < 4.78 is 37.6. The number of pyridine rings is 1. The standard InChI is InChI=1S/C11H8F3N3O3/c1-4-5(2-7(18)19)9(20)16-6-3-15-10(11(12,13)14)17-8(4)6/h3H,2H2,1H3,(H,16,20)(H,18,19). The zero-order valence-corrected chi connectivity index (χ0v) is 10.1. The van der Waals surface area contributed by atoms with Crippen molar-refractivity contribution in [1.29, 1.82) is 0 Å². The van der Waals surface area contributed by atoms with Crippen LogP contribution >= 0.6 is 0 Å². The second-order valence-corrected chi connectivity index (χ2v) is 4.08. The molecule has 2 aromatic heterocycles. The van der Waals surface area contributed by atoms with Gasteiger partial charge in [-0.05, 0) is 12.5 Å². The van der Waals surface area contributed by atoms with Gasteiger partial charge >= 0.3 is 12.1 Å². The van der Waals surface area contributed by atoms with E-state index in [-0.39, 0.29) is 22.2 Å². The summed E-state index contributed by atoms with van der Waals surface area (Å²) in [6.07, 6.45) is -4.46. The predicted octanol–water partition coefficient (Wildman–Crippen LogP) is 1.27. The number of rotatable bonds is 2. The Morgan fingerprint density at radius 2 is 2.10 bits per heavy atom. The minimum absolute atomic E-state index is 0.0228. The molecule has 0 unspecified atom stereocenters. The predicted molar refractivity (Wildman–Crippen MR) is 61.2 cm³/mol. The lowest BCUT2D eigenvalue weighted by Gasteiger charge is -2.09. The van der Waals surface area contributed by atoms with Crippen molar-refractivity contribution in [2.45, 2.75) is 19.5 Å². The van der Waals surface area contributed by atoms with Crippen LogP contribution < -0.4 is 5.56 Å². The third-order valence-electron chi connectivity index (χ3n) is 2.70. The number of nitrogens with one attached hydrogen (secondary N) is 1. The van der Waals surface area contributed by atoms with Gasteiger partial charge in [-0.15, -0.1) is 0 Å². The maximum atomic E-state index is 12.5. The average molecular weight is 287 g/mol. The number of alkyl halides is 3. The number of aryl methyl sites for hydroxylation is 1. The smallest absolute Gasteiger partial charge is 0.451 e. The molecule has 0 aliphatic rings. The molecule has 0 saturated heterocycles. The van der Waals surface area contributed by atoms with Gasteiger partial charge in [-0.25, -0.2) is 9.97 Å². The van der Waals surface area contributed by atoms with Gasteiger partial charge in [0.1, 0.15) is 0 Å². The molecule has 0 radical (unpaired) electrons. The van der Waals surface area contributed by atoms with Crippen molar-refractivity contribution in [1.82, 2.24) is 15.0 Å². The number of carbonyl (C=O) groups is 1. The molecule has 0 aromatic carbocycles. The van der Waals surface area contributed by atoms with Crippen LogP contribution in [-0.2, 0) is 17.4 Å². The summed E-state index contributed by atoms with van der Waals surface area (Å²) in [6.45, 7) is 1.35. The fourth-order valence-corrected chi connectivity index (χ4v) is 1.77. The maximum Gasteiger partial charge on any atom is 0.451 e. The van der Waals surface area contributed by atoms with Crippen LogP contribution in [0.5, 0.6) is 0 Å². The van der Waals surface area contributed by atoms with Gasteiger partial charge in [-0.1, -0.05) is 0 Å². The molecule has 0 saturated carbocycles. The molecule has 2 N–H and O–H groups in total. The number of nitrogens with zero attached hydrogens (tertiary/aromatic N) is 2. The zero-order valence-electron chi connectivity index (χ0n) is 10.1. The summed E-state index contributed by atoms with van der Waals surface area (Å²) in [6, 6.07) is 0. The summed E-state index contributed by atoms with van der Waals surface area (Å²) in [5, 5.41) is 8.71. The SMILES string of the molecule is Cc1c(CC(=O)O)c(=O)[nH]c2cnc(C(F)(F)F)nc12. The third-order valence-corrected chi connectivity index (χ3v) is 2.70. The van der Waals surface area contributed by atoms with Crippen molar-refractivity contribution in [2.75, 3.05) is 0 Å². The van der Waals surface area contributed by atoms with Crippen LogP contribution in [0.2, 0.25) is 0 Å². The Morgan fingerprint density at radius 1 is 1.45 bits per heavy atom. The van der Waals surface area contributed by atoms with Gasteiger partial charge in [-0.3, -0.25) is 9.59 Å². The molecule has 0 atom stereocenters. The van der Waals surface area contributed by atoms with E-state index in [1.54, 1.807) is 0 Å². The number of aromatic amines is 1. The highest BCUT2D eigenvalue weighted by Gasteiger charge is 2.35. The third kappa shape index (κ3) is 2.46. The maximum absolute atomic E-state index is 12.5. The van der Waals surface area contributed by atoms with Gasteiger partial charge in [0.05, 0.1) is 23.7 Å². The van der Waals surface area contributed by atoms with Crippen molar-refractivity contribution in [3.05, 3.63) is 33.5 Å². The van der Waals surface area contributed by atoms with E-state index in [4.69, 9.17) is 5.11 Å². The molecule has 0 aliphatic carbocycles. The normalized spacial score (nSPS) is 11.8. The zero-order chi connectivity index (χ0) is 15.1. The number of carboxylic acid groups (broad SMARTS) is 1. The molecule has 9 heteroatoms. The van der Waals surface area contributed by atoms with Crippen LogP contribution in [-0.4, -0.2) is 26.0 Å². The summed E-state index contributed by atoms with van der Waals surface area (Å²) in [7, 11) is 0. The molecule has 0 aliphatic heterocycles. The first-order chi connectivity index (χ1) is 9.20. The van der Waals surface area contributed by atoms with Crippen LogP contribution in [0.15, 0.2) is 11.0 Å². The second kappa shape index (κ2) is 4.58. The Hall–Kier alpha value is -2.45. The van der Waals surface area contributed by atoms with E-state index < -0.39 is 30.0 Å². The van der Waals surface area contributed by atoms with Crippen LogP contribution in [0, 0.1) is 6.92 Å². The number of aliphatic carboxylic acids is 1. The van der Waals surface area contributed by atoms with E-state index in [9.17, 15) is 22.8 Å². The lowest BCUT2D eigenvalue weighted by Crippen LogP contribution is -2.20. The summed E-state index contributed by atoms with van der Waals surface area (Å²) in [5.74, 6) is -2.61. The molecule has 0 spiro atoms. The summed E-state index contributed by atoms with van der Waals surface area (Å²) >= 11 is 0. The van der Waals surface area contributed by atoms with E-state index in [1.165, 1.54) is 6.92 Å². The largest absolute Gasteiger partial charge is 0.481 e. The number of hydrogen-bond donors (Lipinski definition) is 2. The molecule has 2 heterocycles. The lowest BCUT2D eigenvalue weighted by molar-refractivity contribution is -0.144. The van der Waals surface area contributed by atoms with Gasteiger partial charge in [0.15, 0.2) is 0 Å². The van der Waals surface area contributed by atoms with Gasteiger partial charge in [0, 0.05) is 5.56 Å². The Balaban J connectivity index is 2.74. The number of H-pyrrole nitrogens is 1. The summed E-state index contributed by atoms with van der Waals surface area (Å²) in [5.41, 5.74) is -0.811. The molecule has 2 rings (SSSR count). The van der Waals surface area contributed by atoms with Crippen molar-refractivity contribution in [2.24, 2.45) is 0 Å². The number of aromatic nitrogens is 3. The highest BCUT2D eigenvalue weighted by molar-refractivity contribution is 5.80. The first-order valence-electron chi connectivity index (χ1n) is 5.37. The number of fused-ring (bicyclic) bond motifs is 1. The Labute approximate surface area is 109 Å². The molecular weight excluding hydrogens is 279 g/mol. The van der Waals surface area contributed by atoms with Gasteiger partial charge in [0.2, 0.25) is 5.82 Å². The quantitative estimate of drug-likeness (QED) is 0.867. The van der Waals surface area contributed by atoms with Crippen LogP contribution in [0.4, 0.5) is 13.2 Å². The van der Waals surface area contributed by atoms with E-state index in [0.717, 1.165) is 6.20 Å². The second-order valence-electron chi connectivity index (χ2n) is 4.08. The molecule has 20 heavy (non-hydrogen) atoms. The fourth-order valence-electron chi connectivity index (χ4n) is 1.77. The number of halogens is 3. The Bertz CT molecular complexity index is 752. The monoisotopic (exact) mass is 287 g/mol. The van der Waals surface area contributed by atoms with Gasteiger partial charge in [0.25, 0.3) is 5.56 Å². The van der Waals surface area contributed by atoms with Gasteiger partial charge in [-0.2, -0.15) is 13.2 Å². The molecular formula is C11H8F3N3O3.